The molecule has 26 heavy (non-hydrogen) atoms. The largest absolute Gasteiger partial charge is 0.336 e. The Kier molecular flexibility index (Phi) is 6.54. The van der Waals surface area contributed by atoms with E-state index in [1.54, 1.807) is 0 Å². The van der Waals surface area contributed by atoms with E-state index in [-0.39, 0.29) is 12.1 Å². The predicted octanol–water partition coefficient (Wildman–Crippen LogP) is 2.82. The average Bonchev–Trinajstić information content (AvgIpc) is 2.83. The van der Waals surface area contributed by atoms with Crippen LogP contribution in [0, 0.1) is 0 Å². The Hall–Kier alpha value is -1.59. The molecule has 2 amide bonds. The molecule has 0 aromatic heterocycles. The molecule has 2 saturated heterocycles. The standard InChI is InChI=1S/C21H34N4O/c1-16(11-12-24(2)3)22-21(26)23-18-13-19-9-10-20(14-18)25(19)15-17-7-5-4-6-8-17/h4-8,16,18-20H,9-15H2,1-3H3,(H2,22,23,26). The van der Waals surface area contributed by atoms with Gasteiger partial charge >= 0.3 is 6.03 Å². The smallest absolute Gasteiger partial charge is 0.315 e. The molecule has 144 valence electrons. The molecular formula is C21H34N4O. The fourth-order valence-corrected chi connectivity index (χ4v) is 4.42. The number of rotatable bonds is 7. The number of carbonyl (C=O) groups excluding carboxylic acids is 1. The van der Waals surface area contributed by atoms with Crippen LogP contribution in [0.25, 0.3) is 0 Å². The third-order valence-corrected chi connectivity index (χ3v) is 5.81. The number of hydrogen-bond donors (Lipinski definition) is 2. The summed E-state index contributed by atoms with van der Waals surface area (Å²) in [6, 6.07) is 12.5. The molecule has 2 bridgehead atoms. The van der Waals surface area contributed by atoms with Crippen LogP contribution in [0.5, 0.6) is 0 Å². The van der Waals surface area contributed by atoms with Crippen LogP contribution >= 0.6 is 0 Å². The van der Waals surface area contributed by atoms with Crippen molar-refractivity contribution in [2.45, 2.75) is 69.7 Å². The SMILES string of the molecule is CC(CCN(C)C)NC(=O)NC1CC2CCC(C1)N2Cc1ccccc1. The van der Waals surface area contributed by atoms with E-state index in [1.807, 2.05) is 0 Å². The highest BCUT2D eigenvalue weighted by Gasteiger charge is 2.40. The van der Waals surface area contributed by atoms with E-state index in [1.165, 1.54) is 18.4 Å². The summed E-state index contributed by atoms with van der Waals surface area (Å²) in [5, 5.41) is 6.33. The number of hydrogen-bond acceptors (Lipinski definition) is 3. The fraction of sp³-hybridized carbons (Fsp3) is 0.667. The minimum absolute atomic E-state index is 0.00262. The van der Waals surface area contributed by atoms with Crippen molar-refractivity contribution in [2.24, 2.45) is 0 Å². The van der Waals surface area contributed by atoms with Crippen LogP contribution in [0.15, 0.2) is 30.3 Å². The van der Waals surface area contributed by atoms with Gasteiger partial charge < -0.3 is 15.5 Å². The lowest BCUT2D eigenvalue weighted by Gasteiger charge is -2.39. The van der Waals surface area contributed by atoms with E-state index in [2.05, 4.69) is 71.8 Å². The second-order valence-corrected chi connectivity index (χ2v) is 8.32. The second kappa shape index (κ2) is 8.87. The zero-order valence-corrected chi connectivity index (χ0v) is 16.4. The van der Waals surface area contributed by atoms with Gasteiger partial charge in [0, 0.05) is 30.7 Å². The van der Waals surface area contributed by atoms with Crippen molar-refractivity contribution >= 4 is 6.03 Å². The predicted molar refractivity (Wildman–Crippen MR) is 106 cm³/mol. The number of nitrogens with one attached hydrogen (secondary N) is 2. The van der Waals surface area contributed by atoms with Crippen molar-refractivity contribution in [1.82, 2.24) is 20.4 Å². The van der Waals surface area contributed by atoms with Crippen molar-refractivity contribution in [3.8, 4) is 0 Å². The quantitative estimate of drug-likeness (QED) is 0.788. The number of benzene rings is 1. The van der Waals surface area contributed by atoms with Gasteiger partial charge in [-0.25, -0.2) is 4.79 Å². The summed E-state index contributed by atoms with van der Waals surface area (Å²) in [7, 11) is 4.12. The molecule has 0 radical (unpaired) electrons. The number of urea groups is 1. The summed E-state index contributed by atoms with van der Waals surface area (Å²) in [5.74, 6) is 0. The Morgan fingerprint density at radius 1 is 1.19 bits per heavy atom. The molecule has 2 N–H and O–H groups in total. The molecule has 2 aliphatic rings. The lowest BCUT2D eigenvalue weighted by Crippen LogP contribution is -2.53. The molecular weight excluding hydrogens is 324 g/mol. The minimum atomic E-state index is -0.00262. The number of piperidine rings is 1. The second-order valence-electron chi connectivity index (χ2n) is 8.32. The summed E-state index contributed by atoms with van der Waals surface area (Å²) in [6.45, 7) is 4.11. The number of carbonyl (C=O) groups is 1. The van der Waals surface area contributed by atoms with Crippen LogP contribution in [0.3, 0.4) is 0 Å². The molecule has 5 nitrogen and oxygen atoms in total. The van der Waals surface area contributed by atoms with Crippen LogP contribution in [-0.2, 0) is 6.54 Å². The molecule has 2 heterocycles. The Morgan fingerprint density at radius 3 is 2.46 bits per heavy atom. The first-order valence-electron chi connectivity index (χ1n) is 10.0. The molecule has 2 fully saturated rings. The summed E-state index contributed by atoms with van der Waals surface area (Å²) < 4.78 is 0. The van der Waals surface area contributed by atoms with E-state index in [9.17, 15) is 4.79 Å². The van der Waals surface area contributed by atoms with Crippen molar-refractivity contribution in [2.75, 3.05) is 20.6 Å². The highest BCUT2D eigenvalue weighted by Crippen LogP contribution is 2.36. The van der Waals surface area contributed by atoms with Crippen molar-refractivity contribution < 1.29 is 4.79 Å². The van der Waals surface area contributed by atoms with Crippen molar-refractivity contribution in [3.05, 3.63) is 35.9 Å². The molecule has 1 aromatic carbocycles. The Bertz CT molecular complexity index is 563. The zero-order chi connectivity index (χ0) is 18.5. The molecule has 5 heteroatoms. The Morgan fingerprint density at radius 2 is 1.85 bits per heavy atom. The first kappa shape index (κ1) is 19.2. The average molecular weight is 359 g/mol. The Balaban J connectivity index is 1.46. The van der Waals surface area contributed by atoms with E-state index >= 15 is 0 Å². The normalized spacial score (nSPS) is 26.7. The third-order valence-electron chi connectivity index (χ3n) is 5.81. The van der Waals surface area contributed by atoms with Crippen molar-refractivity contribution in [1.29, 1.82) is 0 Å². The highest BCUT2D eigenvalue weighted by atomic mass is 16.2. The van der Waals surface area contributed by atoms with Gasteiger partial charge in [0.2, 0.25) is 0 Å². The number of fused-ring (bicyclic) bond motifs is 2. The lowest BCUT2D eigenvalue weighted by atomic mass is 9.96. The maximum Gasteiger partial charge on any atom is 0.315 e. The maximum absolute atomic E-state index is 12.3. The van der Waals surface area contributed by atoms with Gasteiger partial charge in [0.05, 0.1) is 0 Å². The topological polar surface area (TPSA) is 47.6 Å². The van der Waals surface area contributed by atoms with Crippen LogP contribution in [0.2, 0.25) is 0 Å². The van der Waals surface area contributed by atoms with Gasteiger partial charge in [0.15, 0.2) is 0 Å². The van der Waals surface area contributed by atoms with Gasteiger partial charge in [-0.05, 0) is 65.2 Å². The van der Waals surface area contributed by atoms with Gasteiger partial charge in [-0.15, -0.1) is 0 Å². The summed E-state index contributed by atoms with van der Waals surface area (Å²) in [4.78, 5) is 17.1. The van der Waals surface area contributed by atoms with Crippen LogP contribution in [0.4, 0.5) is 4.79 Å². The molecule has 1 aromatic rings. The fourth-order valence-electron chi connectivity index (χ4n) is 4.42. The molecule has 3 rings (SSSR count). The molecule has 3 unspecified atom stereocenters. The van der Waals surface area contributed by atoms with Gasteiger partial charge in [0.1, 0.15) is 0 Å². The first-order chi connectivity index (χ1) is 12.5. The van der Waals surface area contributed by atoms with E-state index in [4.69, 9.17) is 0 Å². The number of nitrogens with zero attached hydrogens (tertiary/aromatic N) is 2. The maximum atomic E-state index is 12.3. The van der Waals surface area contributed by atoms with E-state index in [0.29, 0.717) is 18.1 Å². The van der Waals surface area contributed by atoms with Crippen LogP contribution < -0.4 is 10.6 Å². The van der Waals surface area contributed by atoms with Gasteiger partial charge in [-0.3, -0.25) is 4.90 Å². The first-order valence-corrected chi connectivity index (χ1v) is 10.0. The van der Waals surface area contributed by atoms with Gasteiger partial charge in [-0.2, -0.15) is 0 Å². The van der Waals surface area contributed by atoms with E-state index in [0.717, 1.165) is 32.4 Å². The molecule has 0 aliphatic carbocycles. The third kappa shape index (κ3) is 5.21. The monoisotopic (exact) mass is 358 g/mol. The number of amides is 2. The van der Waals surface area contributed by atoms with Gasteiger partial charge in [0.25, 0.3) is 0 Å². The van der Waals surface area contributed by atoms with Crippen LogP contribution in [0.1, 0.15) is 44.6 Å². The molecule has 2 aliphatic heterocycles. The minimum Gasteiger partial charge on any atom is -0.336 e. The van der Waals surface area contributed by atoms with Crippen LogP contribution in [-0.4, -0.2) is 60.6 Å². The molecule has 0 saturated carbocycles. The molecule has 0 spiro atoms. The lowest BCUT2D eigenvalue weighted by molar-refractivity contribution is 0.111. The van der Waals surface area contributed by atoms with Gasteiger partial charge in [-0.1, -0.05) is 30.3 Å². The van der Waals surface area contributed by atoms with Crippen molar-refractivity contribution in [3.63, 3.8) is 0 Å². The highest BCUT2D eigenvalue weighted by molar-refractivity contribution is 5.74. The zero-order valence-electron chi connectivity index (χ0n) is 16.4. The molecule has 3 atom stereocenters. The Labute approximate surface area is 158 Å². The van der Waals surface area contributed by atoms with E-state index < -0.39 is 0 Å². The summed E-state index contributed by atoms with van der Waals surface area (Å²) in [6.07, 6.45) is 5.64. The summed E-state index contributed by atoms with van der Waals surface area (Å²) in [5.41, 5.74) is 1.39. The summed E-state index contributed by atoms with van der Waals surface area (Å²) >= 11 is 0.